The molecule has 2 aliphatic rings. The fourth-order valence-corrected chi connectivity index (χ4v) is 5.72. The molecule has 2 aromatic carbocycles. The average molecular weight is 915 g/mol. The molecule has 24 nitrogen and oxygen atoms in total. The summed E-state index contributed by atoms with van der Waals surface area (Å²) in [6.45, 7) is 5.04. The molecular formula is C40H40F2N14O10. The highest BCUT2D eigenvalue weighted by Crippen LogP contribution is 2.28. The van der Waals surface area contributed by atoms with Crippen LogP contribution >= 0.6 is 0 Å². The van der Waals surface area contributed by atoms with Gasteiger partial charge in [0.15, 0.2) is 0 Å². The number of guanidine groups is 2. The number of carbonyl (C=O) groups is 4. The van der Waals surface area contributed by atoms with Crippen molar-refractivity contribution in [1.82, 2.24) is 30.1 Å². The van der Waals surface area contributed by atoms with Gasteiger partial charge in [0.25, 0.3) is 0 Å². The SMILES string of the molecule is CCON=C1CN(c2ncc(-c3cccc(COC(=O)N(OC(=O)/C=C\C(=O)ON(C(=N)N)C(=O)OCc4cccc(-c5cnc(N6CC(=NOCC)C6)nc5)c4F)C(=N)N)c3F)cn2)C1. The normalized spacial score (nSPS) is 12.8. The Morgan fingerprint density at radius 1 is 0.667 bits per heavy atom. The lowest BCUT2D eigenvalue weighted by Gasteiger charge is -2.31. The summed E-state index contributed by atoms with van der Waals surface area (Å²) in [4.78, 5) is 90.8. The smallest absolute Gasteiger partial charge is 0.442 e. The number of rotatable bonds is 14. The molecule has 2 fully saturated rings. The molecular weight excluding hydrogens is 875 g/mol. The van der Waals surface area contributed by atoms with E-state index >= 15 is 8.78 Å². The number of hydrogen-bond acceptors (Lipinski definition) is 20. The molecule has 4 aromatic rings. The molecule has 2 saturated heterocycles. The van der Waals surface area contributed by atoms with Crippen LogP contribution in [0.1, 0.15) is 25.0 Å². The van der Waals surface area contributed by atoms with E-state index in [1.54, 1.807) is 0 Å². The molecule has 2 aromatic heterocycles. The summed E-state index contributed by atoms with van der Waals surface area (Å²) in [6.07, 6.45) is 3.44. The number of nitrogens with zero attached hydrogens (tertiary/aromatic N) is 10. The van der Waals surface area contributed by atoms with Crippen LogP contribution in [0.15, 0.2) is 83.6 Å². The second kappa shape index (κ2) is 21.5. The summed E-state index contributed by atoms with van der Waals surface area (Å²) in [7, 11) is 0. The molecule has 344 valence electrons. The molecule has 2 amide bonds. The van der Waals surface area contributed by atoms with E-state index in [9.17, 15) is 19.2 Å². The fourth-order valence-electron chi connectivity index (χ4n) is 5.72. The zero-order chi connectivity index (χ0) is 47.3. The molecule has 4 heterocycles. The molecule has 6 rings (SSSR count). The van der Waals surface area contributed by atoms with Crippen molar-refractivity contribution in [3.05, 3.63) is 96.1 Å². The maximum atomic E-state index is 15.5. The highest BCUT2D eigenvalue weighted by molar-refractivity contribution is 6.00. The van der Waals surface area contributed by atoms with Crippen LogP contribution < -0.4 is 21.3 Å². The Balaban J connectivity index is 0.979. The molecule has 2 aliphatic heterocycles. The molecule has 0 radical (unpaired) electrons. The average Bonchev–Trinajstić information content (AvgIpc) is 3.27. The number of hydroxylamine groups is 4. The standard InChI is InChI=1S/C40H40F2N14O10/c1-3-63-51-27-17-53(18-27)37-47-13-25(14-48-37)29-9-5-7-23(33(29)41)21-61-39(59)55(35(43)44)65-31(57)11-12-32(58)66-56(36(45)46)40(60)62-22-24-8-6-10-30(34(24)42)26-15-49-38(50-16-26)54-19-28(20-54)52-64-4-2/h5-16H,3-4,17-22H2,1-2H3,(H3,43,44)(H3,45,46)/b12-11-. The molecule has 66 heavy (non-hydrogen) atoms. The van der Waals surface area contributed by atoms with Crippen LogP contribution in [0.25, 0.3) is 22.3 Å². The first-order valence-corrected chi connectivity index (χ1v) is 19.5. The largest absolute Gasteiger partial charge is 0.451 e. The lowest BCUT2D eigenvalue weighted by atomic mass is 10.1. The number of anilines is 2. The van der Waals surface area contributed by atoms with Crippen LogP contribution in [0.3, 0.4) is 0 Å². The maximum absolute atomic E-state index is 15.5. The topological polar surface area (TPSA) is 313 Å². The van der Waals surface area contributed by atoms with Gasteiger partial charge in [0.05, 0.1) is 37.6 Å². The zero-order valence-electron chi connectivity index (χ0n) is 35.1. The summed E-state index contributed by atoms with van der Waals surface area (Å²) in [5.41, 5.74) is 13.0. The highest BCUT2D eigenvalue weighted by Gasteiger charge is 2.28. The molecule has 6 N–H and O–H groups in total. The monoisotopic (exact) mass is 914 g/mol. The number of hydrogen-bond donors (Lipinski definition) is 4. The number of ether oxygens (including phenoxy) is 2. The van der Waals surface area contributed by atoms with Gasteiger partial charge in [-0.15, -0.1) is 0 Å². The Bertz CT molecular complexity index is 2390. The third-order valence-electron chi connectivity index (χ3n) is 8.95. The van der Waals surface area contributed by atoms with E-state index in [1.165, 1.54) is 61.2 Å². The van der Waals surface area contributed by atoms with E-state index in [0.29, 0.717) is 74.6 Å². The number of carbonyl (C=O) groups excluding carboxylic acids is 4. The summed E-state index contributed by atoms with van der Waals surface area (Å²) < 4.78 is 41.1. The number of nitrogens with one attached hydrogen (secondary N) is 2. The predicted molar refractivity (Wildman–Crippen MR) is 227 cm³/mol. The number of aromatic nitrogens is 4. The predicted octanol–water partition coefficient (Wildman–Crippen LogP) is 3.14. The van der Waals surface area contributed by atoms with E-state index in [4.69, 9.17) is 51.1 Å². The van der Waals surface area contributed by atoms with Gasteiger partial charge in [0.2, 0.25) is 23.8 Å². The third kappa shape index (κ3) is 11.6. The number of nitrogens with two attached hydrogens (primary N) is 2. The first-order valence-electron chi connectivity index (χ1n) is 19.5. The Morgan fingerprint density at radius 2 is 1.03 bits per heavy atom. The first kappa shape index (κ1) is 46.7. The first-order chi connectivity index (χ1) is 31.8. The van der Waals surface area contributed by atoms with Crippen molar-refractivity contribution in [2.45, 2.75) is 27.1 Å². The lowest BCUT2D eigenvalue weighted by molar-refractivity contribution is -0.164. The Morgan fingerprint density at radius 3 is 1.36 bits per heavy atom. The molecule has 0 bridgehead atoms. The van der Waals surface area contributed by atoms with Gasteiger partial charge < -0.3 is 50.1 Å². The van der Waals surface area contributed by atoms with Crippen molar-refractivity contribution in [1.29, 1.82) is 10.8 Å². The van der Waals surface area contributed by atoms with Crippen molar-refractivity contribution >= 4 is 59.4 Å². The Kier molecular flexibility index (Phi) is 15.2. The number of oxime groups is 2. The molecule has 0 unspecified atom stereocenters. The second-order valence-electron chi connectivity index (χ2n) is 13.6. The van der Waals surface area contributed by atoms with E-state index in [2.05, 4.69) is 30.2 Å². The van der Waals surface area contributed by atoms with E-state index < -0.39 is 60.9 Å². The van der Waals surface area contributed by atoms with Crippen molar-refractivity contribution in [2.24, 2.45) is 21.8 Å². The number of amides is 2. The molecule has 0 aliphatic carbocycles. The maximum Gasteiger partial charge on any atom is 0.451 e. The van der Waals surface area contributed by atoms with Gasteiger partial charge in [0, 0.05) is 70.3 Å². The lowest BCUT2D eigenvalue weighted by Crippen LogP contribution is -2.48. The van der Waals surface area contributed by atoms with Gasteiger partial charge in [-0.1, -0.05) is 56.8 Å². The molecule has 0 saturated carbocycles. The van der Waals surface area contributed by atoms with Crippen LogP contribution in [-0.2, 0) is 51.6 Å². The van der Waals surface area contributed by atoms with Crippen molar-refractivity contribution in [3.63, 3.8) is 0 Å². The summed E-state index contributed by atoms with van der Waals surface area (Å²) >= 11 is 0. The van der Waals surface area contributed by atoms with Crippen LogP contribution in [0, 0.1) is 22.5 Å². The fraction of sp³-hybridized carbons (Fsp3) is 0.250. The molecule has 0 atom stereocenters. The van der Waals surface area contributed by atoms with Crippen LogP contribution in [-0.4, -0.2) is 117 Å². The van der Waals surface area contributed by atoms with Crippen LogP contribution in [0.4, 0.5) is 30.3 Å². The zero-order valence-corrected chi connectivity index (χ0v) is 35.1. The summed E-state index contributed by atoms with van der Waals surface area (Å²) in [5.74, 6) is -6.02. The van der Waals surface area contributed by atoms with Crippen molar-refractivity contribution < 1.29 is 56.8 Å². The van der Waals surface area contributed by atoms with Gasteiger partial charge in [-0.05, 0) is 13.8 Å². The minimum Gasteiger partial charge on any atom is -0.442 e. The van der Waals surface area contributed by atoms with Gasteiger partial charge in [0.1, 0.15) is 38.1 Å². The van der Waals surface area contributed by atoms with E-state index in [-0.39, 0.29) is 32.4 Å². The quantitative estimate of drug-likeness (QED) is 0.0611. The van der Waals surface area contributed by atoms with Crippen molar-refractivity contribution in [3.8, 4) is 22.3 Å². The minimum atomic E-state index is -1.52. The molecule has 26 heteroatoms. The summed E-state index contributed by atoms with van der Waals surface area (Å²) in [6, 6.07) is 8.52. The third-order valence-corrected chi connectivity index (χ3v) is 8.95. The van der Waals surface area contributed by atoms with Gasteiger partial charge in [-0.2, -0.15) is 0 Å². The Hall–Kier alpha value is -8.84. The van der Waals surface area contributed by atoms with Gasteiger partial charge >= 0.3 is 24.1 Å². The molecule has 0 spiro atoms. The van der Waals surface area contributed by atoms with Crippen LogP contribution in [0.5, 0.6) is 0 Å². The van der Waals surface area contributed by atoms with E-state index in [1.807, 2.05) is 23.6 Å². The highest BCUT2D eigenvalue weighted by atomic mass is 19.1. The van der Waals surface area contributed by atoms with Crippen molar-refractivity contribution in [2.75, 3.05) is 49.2 Å². The van der Waals surface area contributed by atoms with Gasteiger partial charge in [-0.3, -0.25) is 10.8 Å². The van der Waals surface area contributed by atoms with Crippen LogP contribution in [0.2, 0.25) is 0 Å². The van der Waals surface area contributed by atoms with E-state index in [0.717, 1.165) is 11.4 Å². The summed E-state index contributed by atoms with van der Waals surface area (Å²) in [5, 5.41) is 23.1. The minimum absolute atomic E-state index is 0.0837. The Labute approximate surface area is 372 Å². The van der Waals surface area contributed by atoms with Gasteiger partial charge in [-0.25, -0.2) is 47.9 Å². The number of benzene rings is 2. The second-order valence-corrected chi connectivity index (χ2v) is 13.6. The number of halogens is 2.